The largest absolute Gasteiger partial charge is 0.353 e. The van der Waals surface area contributed by atoms with E-state index in [2.05, 4.69) is 15.7 Å². The summed E-state index contributed by atoms with van der Waals surface area (Å²) in [6.45, 7) is 0.900. The Hall–Kier alpha value is -1.36. The molecule has 0 aliphatic heterocycles. The fraction of sp³-hybridized carbons (Fsp3) is 0.733. The highest BCUT2D eigenvalue weighted by atomic mass is 16.1. The Morgan fingerprint density at radius 1 is 1.45 bits per heavy atom. The second kappa shape index (κ2) is 5.95. The summed E-state index contributed by atoms with van der Waals surface area (Å²) in [5.74, 6) is 0.208. The first-order valence-corrected chi connectivity index (χ1v) is 7.77. The standard InChI is InChI=1S/C15H24N4O/c1-19-14-5-2-4-13(12(14)10-17-19)16-9-3-6-15(20)18-11-7-8-11/h10-11,13,16H,2-9H2,1H3,(H,18,20). The summed E-state index contributed by atoms with van der Waals surface area (Å²) in [6, 6.07) is 0.894. The zero-order chi connectivity index (χ0) is 13.9. The third-order valence-electron chi connectivity index (χ3n) is 4.29. The Balaban J connectivity index is 1.41. The molecule has 1 aromatic rings. The van der Waals surface area contributed by atoms with Gasteiger partial charge < -0.3 is 10.6 Å². The maximum atomic E-state index is 11.6. The first-order chi connectivity index (χ1) is 9.74. The maximum Gasteiger partial charge on any atom is 0.220 e. The van der Waals surface area contributed by atoms with Gasteiger partial charge in [-0.3, -0.25) is 9.48 Å². The van der Waals surface area contributed by atoms with E-state index < -0.39 is 0 Å². The molecule has 1 fully saturated rings. The number of carbonyl (C=O) groups excluding carboxylic acids is 1. The van der Waals surface area contributed by atoms with Crippen molar-refractivity contribution < 1.29 is 4.79 Å². The molecule has 1 atom stereocenters. The Morgan fingerprint density at radius 3 is 3.10 bits per heavy atom. The van der Waals surface area contributed by atoms with Gasteiger partial charge in [0, 0.05) is 36.8 Å². The number of nitrogens with one attached hydrogen (secondary N) is 2. The first-order valence-electron chi connectivity index (χ1n) is 7.77. The smallest absolute Gasteiger partial charge is 0.220 e. The van der Waals surface area contributed by atoms with E-state index in [-0.39, 0.29) is 5.91 Å². The third kappa shape index (κ3) is 3.20. The zero-order valence-corrected chi connectivity index (χ0v) is 12.2. The monoisotopic (exact) mass is 276 g/mol. The van der Waals surface area contributed by atoms with Crippen molar-refractivity contribution in [1.82, 2.24) is 20.4 Å². The summed E-state index contributed by atoms with van der Waals surface area (Å²) < 4.78 is 1.99. The van der Waals surface area contributed by atoms with Gasteiger partial charge in [-0.25, -0.2) is 0 Å². The van der Waals surface area contributed by atoms with Crippen LogP contribution in [-0.4, -0.2) is 28.3 Å². The van der Waals surface area contributed by atoms with Crippen LogP contribution in [0.1, 0.15) is 55.8 Å². The fourth-order valence-electron chi connectivity index (χ4n) is 2.97. The number of nitrogens with zero attached hydrogens (tertiary/aromatic N) is 2. The quantitative estimate of drug-likeness (QED) is 0.773. The minimum atomic E-state index is 0.208. The molecule has 2 N–H and O–H groups in total. The molecule has 2 aliphatic carbocycles. The Morgan fingerprint density at radius 2 is 2.30 bits per heavy atom. The van der Waals surface area contributed by atoms with Gasteiger partial charge >= 0.3 is 0 Å². The average Bonchev–Trinajstić information content (AvgIpc) is 3.17. The number of amides is 1. The highest BCUT2D eigenvalue weighted by Gasteiger charge is 2.24. The lowest BCUT2D eigenvalue weighted by molar-refractivity contribution is -0.121. The third-order valence-corrected chi connectivity index (χ3v) is 4.29. The molecule has 1 saturated carbocycles. The molecule has 0 aromatic carbocycles. The minimum Gasteiger partial charge on any atom is -0.353 e. The van der Waals surface area contributed by atoms with Crippen molar-refractivity contribution in [3.63, 3.8) is 0 Å². The lowest BCUT2D eigenvalue weighted by atomic mass is 9.93. The number of hydrogen-bond donors (Lipinski definition) is 2. The number of rotatable bonds is 6. The van der Waals surface area contributed by atoms with Gasteiger partial charge in [0.05, 0.1) is 6.20 Å². The van der Waals surface area contributed by atoms with Gasteiger partial charge in [-0.05, 0) is 45.1 Å². The molecule has 1 unspecified atom stereocenters. The van der Waals surface area contributed by atoms with Crippen LogP contribution in [-0.2, 0) is 18.3 Å². The van der Waals surface area contributed by atoms with E-state index >= 15 is 0 Å². The first kappa shape index (κ1) is 13.6. The van der Waals surface area contributed by atoms with Gasteiger partial charge in [0.25, 0.3) is 0 Å². The molecule has 0 radical (unpaired) electrons. The lowest BCUT2D eigenvalue weighted by Crippen LogP contribution is -2.29. The van der Waals surface area contributed by atoms with Crippen LogP contribution in [0.3, 0.4) is 0 Å². The number of aromatic nitrogens is 2. The molecule has 1 heterocycles. The molecular formula is C15H24N4O. The van der Waals surface area contributed by atoms with Crippen molar-refractivity contribution in [2.24, 2.45) is 7.05 Å². The molecule has 1 aromatic heterocycles. The number of carbonyl (C=O) groups is 1. The minimum absolute atomic E-state index is 0.208. The van der Waals surface area contributed by atoms with Crippen LogP contribution in [0.2, 0.25) is 0 Å². The topological polar surface area (TPSA) is 59.0 Å². The molecule has 2 aliphatic rings. The van der Waals surface area contributed by atoms with Crippen LogP contribution in [0.4, 0.5) is 0 Å². The van der Waals surface area contributed by atoms with Crippen LogP contribution in [0, 0.1) is 0 Å². The Bertz CT molecular complexity index is 478. The van der Waals surface area contributed by atoms with Gasteiger partial charge in [-0.15, -0.1) is 0 Å². The zero-order valence-electron chi connectivity index (χ0n) is 12.2. The van der Waals surface area contributed by atoms with E-state index in [4.69, 9.17) is 0 Å². The molecular weight excluding hydrogens is 252 g/mol. The van der Waals surface area contributed by atoms with Crippen LogP contribution in [0.25, 0.3) is 0 Å². The highest BCUT2D eigenvalue weighted by Crippen LogP contribution is 2.28. The molecule has 5 heteroatoms. The highest BCUT2D eigenvalue weighted by molar-refractivity contribution is 5.76. The molecule has 0 spiro atoms. The number of fused-ring (bicyclic) bond motifs is 1. The van der Waals surface area contributed by atoms with Crippen LogP contribution >= 0.6 is 0 Å². The molecule has 3 rings (SSSR count). The second-order valence-corrected chi connectivity index (χ2v) is 6.01. The molecule has 20 heavy (non-hydrogen) atoms. The van der Waals surface area contributed by atoms with Crippen molar-refractivity contribution in [1.29, 1.82) is 0 Å². The molecule has 0 saturated heterocycles. The summed E-state index contributed by atoms with van der Waals surface area (Å²) >= 11 is 0. The summed E-state index contributed by atoms with van der Waals surface area (Å²) in [7, 11) is 2.02. The van der Waals surface area contributed by atoms with Gasteiger partial charge in [0.2, 0.25) is 5.91 Å². The van der Waals surface area contributed by atoms with Crippen molar-refractivity contribution in [2.75, 3.05) is 6.54 Å². The molecule has 110 valence electrons. The SMILES string of the molecule is Cn1ncc2c1CCCC2NCCCC(=O)NC1CC1. The van der Waals surface area contributed by atoms with Gasteiger partial charge in [-0.1, -0.05) is 0 Å². The van der Waals surface area contributed by atoms with Crippen LogP contribution in [0.15, 0.2) is 6.20 Å². The normalized spacial score (nSPS) is 21.6. The predicted molar refractivity (Wildman–Crippen MR) is 77.3 cm³/mol. The van der Waals surface area contributed by atoms with Crippen LogP contribution < -0.4 is 10.6 Å². The summed E-state index contributed by atoms with van der Waals surface area (Å²) in [6.07, 6.45) is 9.38. The molecule has 5 nitrogen and oxygen atoms in total. The van der Waals surface area contributed by atoms with E-state index in [1.807, 2.05) is 17.9 Å². The van der Waals surface area contributed by atoms with Crippen molar-refractivity contribution in [3.05, 3.63) is 17.5 Å². The van der Waals surface area contributed by atoms with E-state index in [9.17, 15) is 4.79 Å². The maximum absolute atomic E-state index is 11.6. The van der Waals surface area contributed by atoms with Crippen molar-refractivity contribution >= 4 is 5.91 Å². The number of hydrogen-bond acceptors (Lipinski definition) is 3. The van der Waals surface area contributed by atoms with Crippen molar-refractivity contribution in [3.8, 4) is 0 Å². The summed E-state index contributed by atoms with van der Waals surface area (Å²) in [5.41, 5.74) is 2.71. The Labute approximate surface area is 120 Å². The van der Waals surface area contributed by atoms with Crippen LogP contribution in [0.5, 0.6) is 0 Å². The van der Waals surface area contributed by atoms with Gasteiger partial charge in [0.1, 0.15) is 0 Å². The van der Waals surface area contributed by atoms with E-state index in [0.29, 0.717) is 18.5 Å². The van der Waals surface area contributed by atoms with Crippen molar-refractivity contribution in [2.45, 2.75) is 57.0 Å². The predicted octanol–water partition coefficient (Wildman–Crippen LogP) is 1.45. The van der Waals surface area contributed by atoms with Gasteiger partial charge in [0.15, 0.2) is 0 Å². The lowest BCUT2D eigenvalue weighted by Gasteiger charge is -2.23. The number of aryl methyl sites for hydroxylation is 1. The van der Waals surface area contributed by atoms with Gasteiger partial charge in [-0.2, -0.15) is 5.10 Å². The Kier molecular flexibility index (Phi) is 4.05. The van der Waals surface area contributed by atoms with E-state index in [1.165, 1.54) is 24.1 Å². The summed E-state index contributed by atoms with van der Waals surface area (Å²) in [4.78, 5) is 11.6. The summed E-state index contributed by atoms with van der Waals surface area (Å²) in [5, 5.41) is 11.0. The molecule has 0 bridgehead atoms. The van der Waals surface area contributed by atoms with E-state index in [0.717, 1.165) is 32.2 Å². The average molecular weight is 276 g/mol. The fourth-order valence-corrected chi connectivity index (χ4v) is 2.97. The molecule has 1 amide bonds. The van der Waals surface area contributed by atoms with E-state index in [1.54, 1.807) is 0 Å². The second-order valence-electron chi connectivity index (χ2n) is 6.01.